The molecule has 0 aliphatic rings. The van der Waals surface area contributed by atoms with Crippen molar-refractivity contribution in [2.45, 2.75) is 13.1 Å². The standard InChI is InChI=1S/C14H16N2O3/c15-8-11-3-5-12(6-4-11)19-10-14(17)16-9-13-2-1-7-18-13/h1-7H,8-10,15H2,(H,16,17). The van der Waals surface area contributed by atoms with Gasteiger partial charge in [-0.1, -0.05) is 12.1 Å². The summed E-state index contributed by atoms with van der Waals surface area (Å²) in [6.07, 6.45) is 1.57. The van der Waals surface area contributed by atoms with Gasteiger partial charge in [0, 0.05) is 6.54 Å². The highest BCUT2D eigenvalue weighted by molar-refractivity contribution is 5.77. The molecule has 5 heteroatoms. The maximum absolute atomic E-state index is 11.5. The van der Waals surface area contributed by atoms with Crippen LogP contribution in [0, 0.1) is 0 Å². The molecule has 0 saturated carbocycles. The maximum atomic E-state index is 11.5. The van der Waals surface area contributed by atoms with Crippen LogP contribution in [0.15, 0.2) is 47.1 Å². The first-order valence-electron chi connectivity index (χ1n) is 5.99. The van der Waals surface area contributed by atoms with Gasteiger partial charge in [-0.25, -0.2) is 0 Å². The van der Waals surface area contributed by atoms with E-state index < -0.39 is 0 Å². The van der Waals surface area contributed by atoms with Gasteiger partial charge in [0.25, 0.3) is 5.91 Å². The van der Waals surface area contributed by atoms with Crippen LogP contribution in [0.25, 0.3) is 0 Å². The third kappa shape index (κ3) is 4.15. The molecule has 0 bridgehead atoms. The fourth-order valence-corrected chi connectivity index (χ4v) is 1.52. The first kappa shape index (κ1) is 13.2. The number of amides is 1. The monoisotopic (exact) mass is 260 g/mol. The fraction of sp³-hybridized carbons (Fsp3) is 0.214. The Hall–Kier alpha value is -2.27. The van der Waals surface area contributed by atoms with Crippen LogP contribution >= 0.6 is 0 Å². The lowest BCUT2D eigenvalue weighted by molar-refractivity contribution is -0.123. The summed E-state index contributed by atoms with van der Waals surface area (Å²) in [5, 5.41) is 2.70. The van der Waals surface area contributed by atoms with E-state index in [4.69, 9.17) is 14.9 Å². The number of carbonyl (C=O) groups is 1. The summed E-state index contributed by atoms with van der Waals surface area (Å²) in [5.74, 6) is 1.16. The average Bonchev–Trinajstić information content (AvgIpc) is 2.96. The van der Waals surface area contributed by atoms with Gasteiger partial charge in [0.1, 0.15) is 11.5 Å². The molecule has 1 aromatic heterocycles. The van der Waals surface area contributed by atoms with E-state index in [-0.39, 0.29) is 12.5 Å². The molecule has 100 valence electrons. The van der Waals surface area contributed by atoms with E-state index >= 15 is 0 Å². The molecule has 2 rings (SSSR count). The molecule has 3 N–H and O–H groups in total. The van der Waals surface area contributed by atoms with Gasteiger partial charge in [-0.3, -0.25) is 4.79 Å². The van der Waals surface area contributed by atoms with Crippen molar-refractivity contribution in [3.8, 4) is 5.75 Å². The molecule has 1 amide bonds. The lowest BCUT2D eigenvalue weighted by Crippen LogP contribution is -2.28. The average molecular weight is 260 g/mol. The van der Waals surface area contributed by atoms with Gasteiger partial charge in [0.15, 0.2) is 6.61 Å². The summed E-state index contributed by atoms with van der Waals surface area (Å²) >= 11 is 0. The number of benzene rings is 1. The SMILES string of the molecule is NCc1ccc(OCC(=O)NCc2ccco2)cc1. The molecule has 5 nitrogen and oxygen atoms in total. The van der Waals surface area contributed by atoms with Gasteiger partial charge in [-0.15, -0.1) is 0 Å². The van der Waals surface area contributed by atoms with E-state index in [1.54, 1.807) is 30.5 Å². The van der Waals surface area contributed by atoms with E-state index in [2.05, 4.69) is 5.32 Å². The summed E-state index contributed by atoms with van der Waals surface area (Å²) in [7, 11) is 0. The third-order valence-electron chi connectivity index (χ3n) is 2.57. The van der Waals surface area contributed by atoms with Crippen molar-refractivity contribution in [3.05, 3.63) is 54.0 Å². The highest BCUT2D eigenvalue weighted by atomic mass is 16.5. The topological polar surface area (TPSA) is 77.5 Å². The van der Waals surface area contributed by atoms with Gasteiger partial charge >= 0.3 is 0 Å². The number of carbonyl (C=O) groups excluding carboxylic acids is 1. The van der Waals surface area contributed by atoms with Gasteiger partial charge < -0.3 is 20.2 Å². The van der Waals surface area contributed by atoms with Gasteiger partial charge in [0.05, 0.1) is 12.8 Å². The predicted molar refractivity (Wildman–Crippen MR) is 70.4 cm³/mol. The Labute approximate surface area is 111 Å². The van der Waals surface area contributed by atoms with Crippen LogP contribution in [0.2, 0.25) is 0 Å². The van der Waals surface area contributed by atoms with Crippen molar-refractivity contribution in [3.63, 3.8) is 0 Å². The molecule has 0 unspecified atom stereocenters. The Bertz CT molecular complexity index is 506. The maximum Gasteiger partial charge on any atom is 0.258 e. The van der Waals surface area contributed by atoms with Crippen LogP contribution in [0.3, 0.4) is 0 Å². The summed E-state index contributed by atoms with van der Waals surface area (Å²) in [4.78, 5) is 11.5. The molecule has 0 saturated heterocycles. The minimum Gasteiger partial charge on any atom is -0.484 e. The molecule has 0 aliphatic heterocycles. The highest BCUT2D eigenvalue weighted by Gasteiger charge is 2.03. The molecule has 0 fully saturated rings. The van der Waals surface area contributed by atoms with E-state index in [0.717, 1.165) is 5.56 Å². The molecular formula is C14H16N2O3. The van der Waals surface area contributed by atoms with Crippen LogP contribution in [0.5, 0.6) is 5.75 Å². The quantitative estimate of drug-likeness (QED) is 0.823. The predicted octanol–water partition coefficient (Wildman–Crippen LogP) is 1.43. The molecule has 0 aliphatic carbocycles. The Morgan fingerprint density at radius 1 is 1.26 bits per heavy atom. The summed E-state index contributed by atoms with van der Waals surface area (Å²) in [5.41, 5.74) is 6.52. The minimum absolute atomic E-state index is 0.0251. The molecule has 0 radical (unpaired) electrons. The second-order valence-electron chi connectivity index (χ2n) is 3.99. The number of hydrogen-bond donors (Lipinski definition) is 2. The second-order valence-corrected chi connectivity index (χ2v) is 3.99. The van der Waals surface area contributed by atoms with Crippen molar-refractivity contribution in [1.82, 2.24) is 5.32 Å². The zero-order chi connectivity index (χ0) is 13.5. The highest BCUT2D eigenvalue weighted by Crippen LogP contribution is 2.11. The lowest BCUT2D eigenvalue weighted by atomic mass is 10.2. The van der Waals surface area contributed by atoms with Gasteiger partial charge in [-0.05, 0) is 29.8 Å². The van der Waals surface area contributed by atoms with E-state index in [1.165, 1.54) is 0 Å². The first-order chi connectivity index (χ1) is 9.28. The summed E-state index contributed by atoms with van der Waals surface area (Å²) < 4.78 is 10.5. The normalized spacial score (nSPS) is 10.2. The van der Waals surface area contributed by atoms with E-state index in [9.17, 15) is 4.79 Å². The van der Waals surface area contributed by atoms with Crippen molar-refractivity contribution in [2.24, 2.45) is 5.73 Å². The van der Waals surface area contributed by atoms with Crippen LogP contribution in [0.1, 0.15) is 11.3 Å². The summed E-state index contributed by atoms with van der Waals surface area (Å²) in [6.45, 7) is 0.827. The van der Waals surface area contributed by atoms with Crippen LogP contribution in [-0.2, 0) is 17.9 Å². The number of rotatable bonds is 6. The number of hydrogen-bond acceptors (Lipinski definition) is 4. The van der Waals surface area contributed by atoms with Crippen molar-refractivity contribution in [2.75, 3.05) is 6.61 Å². The lowest BCUT2D eigenvalue weighted by Gasteiger charge is -2.07. The Balaban J connectivity index is 1.73. The van der Waals surface area contributed by atoms with Crippen molar-refractivity contribution >= 4 is 5.91 Å². The molecule has 19 heavy (non-hydrogen) atoms. The number of ether oxygens (including phenoxy) is 1. The van der Waals surface area contributed by atoms with Crippen molar-refractivity contribution < 1.29 is 13.9 Å². The van der Waals surface area contributed by atoms with E-state index in [0.29, 0.717) is 24.6 Å². The first-order valence-corrected chi connectivity index (χ1v) is 5.99. The van der Waals surface area contributed by atoms with Crippen molar-refractivity contribution in [1.29, 1.82) is 0 Å². The Morgan fingerprint density at radius 3 is 2.68 bits per heavy atom. The Kier molecular flexibility index (Phi) is 4.58. The van der Waals surface area contributed by atoms with Crippen LogP contribution in [0.4, 0.5) is 0 Å². The van der Waals surface area contributed by atoms with Gasteiger partial charge in [-0.2, -0.15) is 0 Å². The van der Waals surface area contributed by atoms with E-state index in [1.807, 2.05) is 12.1 Å². The third-order valence-corrected chi connectivity index (χ3v) is 2.57. The molecule has 0 spiro atoms. The minimum atomic E-state index is -0.195. The molecule has 1 heterocycles. The number of nitrogens with two attached hydrogens (primary N) is 1. The summed E-state index contributed by atoms with van der Waals surface area (Å²) in [6, 6.07) is 10.9. The molecule has 0 atom stereocenters. The number of nitrogens with one attached hydrogen (secondary N) is 1. The molecule has 1 aromatic carbocycles. The Morgan fingerprint density at radius 2 is 2.05 bits per heavy atom. The smallest absolute Gasteiger partial charge is 0.258 e. The van der Waals surface area contributed by atoms with Crippen LogP contribution < -0.4 is 15.8 Å². The van der Waals surface area contributed by atoms with Crippen LogP contribution in [-0.4, -0.2) is 12.5 Å². The van der Waals surface area contributed by atoms with Gasteiger partial charge in [0.2, 0.25) is 0 Å². The second kappa shape index (κ2) is 6.61. The molecule has 2 aromatic rings. The molecular weight excluding hydrogens is 244 g/mol. The zero-order valence-electron chi connectivity index (χ0n) is 10.5. The number of furan rings is 1. The zero-order valence-corrected chi connectivity index (χ0v) is 10.5. The largest absolute Gasteiger partial charge is 0.484 e. The fourth-order valence-electron chi connectivity index (χ4n) is 1.52.